The van der Waals surface area contributed by atoms with E-state index in [9.17, 15) is 4.79 Å². The maximum atomic E-state index is 12.1. The summed E-state index contributed by atoms with van der Waals surface area (Å²) in [5, 5.41) is 0.321. The monoisotopic (exact) mass is 232 g/mol. The predicted octanol–water partition coefficient (Wildman–Crippen LogP) is 2.55. The number of pyridine rings is 1. The van der Waals surface area contributed by atoms with Gasteiger partial charge in [0.1, 0.15) is 5.82 Å². The molecule has 80 valence electrons. The number of nitrogens with zero attached hydrogens (tertiary/aromatic N) is 1. The fourth-order valence-corrected chi connectivity index (χ4v) is 1.65. The van der Waals surface area contributed by atoms with Gasteiger partial charge in [-0.15, -0.1) is 0 Å². The third-order valence-electron chi connectivity index (χ3n) is 2.19. The van der Waals surface area contributed by atoms with Crippen LogP contribution in [0.15, 0.2) is 42.6 Å². The minimum absolute atomic E-state index is 0.154. The van der Waals surface area contributed by atoms with E-state index in [1.165, 1.54) is 6.20 Å². The van der Waals surface area contributed by atoms with Gasteiger partial charge < -0.3 is 5.73 Å². The molecule has 2 aromatic rings. The van der Waals surface area contributed by atoms with Crippen molar-refractivity contribution in [2.24, 2.45) is 0 Å². The number of ketones is 1. The number of rotatable bonds is 2. The van der Waals surface area contributed by atoms with Crippen molar-refractivity contribution in [3.05, 3.63) is 58.7 Å². The SMILES string of the molecule is Nc1nccc(Cl)c1C(=O)c1ccccc1. The van der Waals surface area contributed by atoms with Crippen LogP contribution in [-0.4, -0.2) is 10.8 Å². The van der Waals surface area contributed by atoms with Crippen LogP contribution < -0.4 is 5.73 Å². The van der Waals surface area contributed by atoms with Gasteiger partial charge in [0, 0.05) is 11.8 Å². The van der Waals surface area contributed by atoms with Crippen molar-refractivity contribution in [3.8, 4) is 0 Å². The summed E-state index contributed by atoms with van der Waals surface area (Å²) in [7, 11) is 0. The Morgan fingerprint density at radius 1 is 1.19 bits per heavy atom. The van der Waals surface area contributed by atoms with Crippen molar-refractivity contribution in [2.75, 3.05) is 5.73 Å². The van der Waals surface area contributed by atoms with Gasteiger partial charge in [-0.1, -0.05) is 41.9 Å². The van der Waals surface area contributed by atoms with Crippen molar-refractivity contribution in [2.45, 2.75) is 0 Å². The molecule has 2 rings (SSSR count). The summed E-state index contributed by atoms with van der Waals surface area (Å²) in [6.07, 6.45) is 1.47. The molecular weight excluding hydrogens is 224 g/mol. The smallest absolute Gasteiger partial charge is 0.198 e. The first kappa shape index (κ1) is 10.6. The second-order valence-corrected chi connectivity index (χ2v) is 3.66. The Balaban J connectivity index is 2.50. The lowest BCUT2D eigenvalue weighted by molar-refractivity contribution is 0.103. The molecule has 0 unspecified atom stereocenters. The number of hydrogen-bond acceptors (Lipinski definition) is 3. The fraction of sp³-hybridized carbons (Fsp3) is 0. The maximum Gasteiger partial charge on any atom is 0.198 e. The first-order chi connectivity index (χ1) is 7.70. The summed E-state index contributed by atoms with van der Waals surface area (Å²) in [6, 6.07) is 10.4. The summed E-state index contributed by atoms with van der Waals surface area (Å²) in [4.78, 5) is 15.9. The normalized spacial score (nSPS) is 10.1. The largest absolute Gasteiger partial charge is 0.383 e. The maximum absolute atomic E-state index is 12.1. The van der Waals surface area contributed by atoms with Gasteiger partial charge in [0.25, 0.3) is 0 Å². The van der Waals surface area contributed by atoms with Gasteiger partial charge in [0.2, 0.25) is 0 Å². The zero-order chi connectivity index (χ0) is 11.5. The summed E-state index contributed by atoms with van der Waals surface area (Å²) in [6.45, 7) is 0. The minimum atomic E-state index is -0.212. The summed E-state index contributed by atoms with van der Waals surface area (Å²) in [5.41, 5.74) is 6.45. The number of carbonyl (C=O) groups excluding carboxylic acids is 1. The van der Waals surface area contributed by atoms with Crippen molar-refractivity contribution in [3.63, 3.8) is 0 Å². The fourth-order valence-electron chi connectivity index (χ4n) is 1.41. The molecule has 0 fully saturated rings. The van der Waals surface area contributed by atoms with E-state index in [-0.39, 0.29) is 17.2 Å². The summed E-state index contributed by atoms with van der Waals surface area (Å²) >= 11 is 5.93. The third kappa shape index (κ3) is 1.90. The van der Waals surface area contributed by atoms with Gasteiger partial charge in [0.15, 0.2) is 5.78 Å². The lowest BCUT2D eigenvalue weighted by Crippen LogP contribution is -2.07. The van der Waals surface area contributed by atoms with E-state index < -0.39 is 0 Å². The number of benzene rings is 1. The van der Waals surface area contributed by atoms with Crippen molar-refractivity contribution < 1.29 is 4.79 Å². The Morgan fingerprint density at radius 2 is 1.88 bits per heavy atom. The molecule has 0 saturated heterocycles. The Hall–Kier alpha value is -1.87. The molecule has 1 aromatic heterocycles. The third-order valence-corrected chi connectivity index (χ3v) is 2.51. The summed E-state index contributed by atoms with van der Waals surface area (Å²) in [5.74, 6) is -0.0578. The van der Waals surface area contributed by atoms with Crippen LogP contribution in [0.1, 0.15) is 15.9 Å². The van der Waals surface area contributed by atoms with Crippen molar-refractivity contribution in [1.82, 2.24) is 4.98 Å². The average Bonchev–Trinajstić information content (AvgIpc) is 2.30. The molecule has 0 aliphatic heterocycles. The van der Waals surface area contributed by atoms with Crippen LogP contribution in [0.3, 0.4) is 0 Å². The quantitative estimate of drug-likeness (QED) is 0.810. The molecule has 1 heterocycles. The highest BCUT2D eigenvalue weighted by molar-refractivity contribution is 6.35. The van der Waals surface area contributed by atoms with Gasteiger partial charge >= 0.3 is 0 Å². The molecular formula is C12H9ClN2O. The molecule has 2 N–H and O–H groups in total. The van der Waals surface area contributed by atoms with E-state index >= 15 is 0 Å². The van der Waals surface area contributed by atoms with Crippen LogP contribution >= 0.6 is 11.6 Å². The van der Waals surface area contributed by atoms with E-state index in [2.05, 4.69) is 4.98 Å². The molecule has 3 nitrogen and oxygen atoms in total. The number of anilines is 1. The minimum Gasteiger partial charge on any atom is -0.383 e. The van der Waals surface area contributed by atoms with Crippen LogP contribution in [0.5, 0.6) is 0 Å². The number of hydrogen-bond donors (Lipinski definition) is 1. The van der Waals surface area contributed by atoms with E-state index in [0.29, 0.717) is 10.6 Å². The molecule has 0 radical (unpaired) electrons. The standard InChI is InChI=1S/C12H9ClN2O/c13-9-6-7-15-12(14)10(9)11(16)8-4-2-1-3-5-8/h1-7H,(H2,14,15). The molecule has 0 bridgehead atoms. The first-order valence-corrected chi connectivity index (χ1v) is 5.07. The second kappa shape index (κ2) is 4.33. The highest BCUT2D eigenvalue weighted by Gasteiger charge is 2.16. The van der Waals surface area contributed by atoms with Crippen LogP contribution in [0, 0.1) is 0 Å². The molecule has 1 aromatic carbocycles. The number of nitrogen functional groups attached to an aromatic ring is 1. The van der Waals surface area contributed by atoms with Crippen molar-refractivity contribution in [1.29, 1.82) is 0 Å². The molecule has 0 aliphatic rings. The van der Waals surface area contributed by atoms with Crippen LogP contribution in [0.2, 0.25) is 5.02 Å². The van der Waals surface area contributed by atoms with Gasteiger partial charge in [-0.2, -0.15) is 0 Å². The molecule has 0 spiro atoms. The first-order valence-electron chi connectivity index (χ1n) is 4.70. The Bertz CT molecular complexity index is 506. The van der Waals surface area contributed by atoms with Crippen LogP contribution in [0.4, 0.5) is 5.82 Å². The number of carbonyl (C=O) groups is 1. The molecule has 4 heteroatoms. The number of aromatic nitrogens is 1. The van der Waals surface area contributed by atoms with Crippen LogP contribution in [-0.2, 0) is 0 Å². The topological polar surface area (TPSA) is 56.0 Å². The van der Waals surface area contributed by atoms with E-state index in [4.69, 9.17) is 17.3 Å². The van der Waals surface area contributed by atoms with Gasteiger partial charge in [-0.05, 0) is 6.07 Å². The van der Waals surface area contributed by atoms with Crippen LogP contribution in [0.25, 0.3) is 0 Å². The number of halogens is 1. The Kier molecular flexibility index (Phi) is 2.88. The zero-order valence-electron chi connectivity index (χ0n) is 8.35. The molecule has 16 heavy (non-hydrogen) atoms. The van der Waals surface area contributed by atoms with Crippen molar-refractivity contribution >= 4 is 23.2 Å². The second-order valence-electron chi connectivity index (χ2n) is 3.25. The van der Waals surface area contributed by atoms with E-state index in [1.54, 1.807) is 30.3 Å². The van der Waals surface area contributed by atoms with Gasteiger partial charge in [-0.3, -0.25) is 4.79 Å². The summed E-state index contributed by atoms with van der Waals surface area (Å²) < 4.78 is 0. The predicted molar refractivity (Wildman–Crippen MR) is 63.5 cm³/mol. The zero-order valence-corrected chi connectivity index (χ0v) is 9.11. The number of nitrogens with two attached hydrogens (primary N) is 1. The Morgan fingerprint density at radius 3 is 2.50 bits per heavy atom. The van der Waals surface area contributed by atoms with E-state index in [1.807, 2.05) is 6.07 Å². The Labute approximate surface area is 97.9 Å². The van der Waals surface area contributed by atoms with Gasteiger partial charge in [-0.25, -0.2) is 4.98 Å². The van der Waals surface area contributed by atoms with Gasteiger partial charge in [0.05, 0.1) is 10.6 Å². The molecule has 0 aliphatic carbocycles. The highest BCUT2D eigenvalue weighted by atomic mass is 35.5. The highest BCUT2D eigenvalue weighted by Crippen LogP contribution is 2.22. The molecule has 0 atom stereocenters. The lowest BCUT2D eigenvalue weighted by atomic mass is 10.0. The average molecular weight is 233 g/mol. The lowest BCUT2D eigenvalue weighted by Gasteiger charge is -2.05. The molecule has 0 saturated carbocycles. The molecule has 0 amide bonds. The van der Waals surface area contributed by atoms with E-state index in [0.717, 1.165) is 0 Å².